The van der Waals surface area contributed by atoms with Crippen molar-refractivity contribution in [3.63, 3.8) is 0 Å². The Morgan fingerprint density at radius 3 is 1.95 bits per heavy atom. The molecule has 5 aromatic rings. The highest BCUT2D eigenvalue weighted by molar-refractivity contribution is 7.80. The molecule has 9 atom stereocenters. The van der Waals surface area contributed by atoms with Crippen LogP contribution in [-0.4, -0.2) is 108 Å². The first-order valence-corrected chi connectivity index (χ1v) is 26.0. The molecule has 5 aliphatic heterocycles. The van der Waals surface area contributed by atoms with Crippen LogP contribution in [0.2, 0.25) is 10.0 Å². The number of amides is 5. The Labute approximate surface area is 467 Å². The van der Waals surface area contributed by atoms with Crippen LogP contribution in [0.1, 0.15) is 97.6 Å². The van der Waals surface area contributed by atoms with E-state index in [0.717, 1.165) is 12.1 Å². The molecule has 10 rings (SSSR count). The molecule has 0 aliphatic carbocycles. The van der Waals surface area contributed by atoms with E-state index in [1.54, 1.807) is 7.05 Å². The van der Waals surface area contributed by atoms with E-state index in [9.17, 15) is 59.7 Å². The summed E-state index contributed by atoms with van der Waals surface area (Å²) in [4.78, 5) is 85.7. The second-order valence-corrected chi connectivity index (χ2v) is 21.3. The number of benzene rings is 5. The number of aliphatic hydroxyl groups excluding tert-OH is 3. The number of halogens is 2. The number of ether oxygens (including phenoxy) is 2. The van der Waals surface area contributed by atoms with Crippen molar-refractivity contribution in [2.75, 3.05) is 13.7 Å². The molecule has 21 nitrogen and oxygen atoms in total. The lowest BCUT2D eigenvalue weighted by atomic mass is 9.85. The van der Waals surface area contributed by atoms with E-state index < -0.39 is 138 Å². The number of likely N-dealkylation sites (N-methyl/N-ethyl adjacent to an activating group) is 1. The van der Waals surface area contributed by atoms with Crippen molar-refractivity contribution >= 4 is 75.6 Å². The van der Waals surface area contributed by atoms with Crippen LogP contribution in [0.15, 0.2) is 78.9 Å². The molecule has 0 unspecified atom stereocenters. The van der Waals surface area contributed by atoms with Gasteiger partial charge in [-0.2, -0.15) is 0 Å². The highest BCUT2D eigenvalue weighted by Gasteiger charge is 2.40. The van der Waals surface area contributed by atoms with Gasteiger partial charge in [0.1, 0.15) is 53.0 Å². The number of fused-ring (bicyclic) bond motifs is 15. The molecule has 0 saturated heterocycles. The predicted octanol–water partition coefficient (Wildman–Crippen LogP) is 5.08. The van der Waals surface area contributed by atoms with Crippen molar-refractivity contribution < 1.29 is 74.0 Å². The van der Waals surface area contributed by atoms with Crippen LogP contribution in [0, 0.1) is 11.8 Å². The van der Waals surface area contributed by atoms with Gasteiger partial charge >= 0.3 is 0 Å². The van der Waals surface area contributed by atoms with Gasteiger partial charge in [0.05, 0.1) is 46.6 Å². The van der Waals surface area contributed by atoms with Crippen LogP contribution in [0.3, 0.4) is 0 Å². The largest absolute Gasteiger partial charge is 0.508 e. The van der Waals surface area contributed by atoms with Crippen LogP contribution < -0.4 is 41.8 Å². The zero-order chi connectivity index (χ0) is 57.3. The minimum absolute atomic E-state index is 0.0138. The number of phenolic OH excluding ortho intramolecular Hbond substituents is 4. The van der Waals surface area contributed by atoms with Gasteiger partial charge in [-0.05, 0) is 108 Å². The number of primary amides is 1. The molecule has 5 heterocycles. The summed E-state index contributed by atoms with van der Waals surface area (Å²) in [7, 11) is 1.55. The molecule has 0 aromatic heterocycles. The number of rotatable bonds is 8. The van der Waals surface area contributed by atoms with E-state index >= 15 is 4.79 Å². The fourth-order valence-corrected chi connectivity index (χ4v) is 10.7. The van der Waals surface area contributed by atoms with E-state index in [0.29, 0.717) is 6.42 Å². The molecule has 416 valence electrons. The molecule has 0 spiro atoms. The third kappa shape index (κ3) is 12.3. The molecule has 0 fully saturated rings. The quantitative estimate of drug-likeness (QED) is 0.0901. The highest BCUT2D eigenvalue weighted by atomic mass is 35.5. The Balaban J connectivity index is 1.35. The summed E-state index contributed by atoms with van der Waals surface area (Å²) in [5, 5.41) is 93.3. The Bertz CT molecular complexity index is 3290. The first-order valence-electron chi connectivity index (χ1n) is 24.9. The minimum Gasteiger partial charge on any atom is -0.508 e. The number of carbonyl (C=O) groups is 6. The molecule has 0 radical (unpaired) electrons. The van der Waals surface area contributed by atoms with Gasteiger partial charge in [0, 0.05) is 34.9 Å². The zero-order valence-corrected chi connectivity index (χ0v) is 44.8. The normalized spacial score (nSPS) is 22.8. The van der Waals surface area contributed by atoms with E-state index in [4.69, 9.17) is 50.6 Å². The third-order valence-corrected chi connectivity index (χ3v) is 14.9. The summed E-state index contributed by atoms with van der Waals surface area (Å²) in [6.07, 6.45) is -5.52. The number of nitrogens with one attached hydrogen (secondary N) is 5. The molecular weight excluding hydrogens is 1090 g/mol. The number of nitrogens with two attached hydrogens (primary N) is 1. The molecule has 79 heavy (non-hydrogen) atoms. The molecule has 24 heteroatoms. The Hall–Kier alpha value is -7.57. The average Bonchev–Trinajstić information content (AvgIpc) is 3.43. The number of aromatic hydroxyl groups is 4. The van der Waals surface area contributed by atoms with Crippen molar-refractivity contribution in [2.45, 2.75) is 87.9 Å². The maximum Gasteiger partial charge on any atom is 0.246 e. The maximum absolute atomic E-state index is 15.1. The Morgan fingerprint density at radius 1 is 0.747 bits per heavy atom. The number of thiocarbonyl (C=S) groups is 1. The topological polar surface area (TPSA) is 349 Å². The van der Waals surface area contributed by atoms with Crippen LogP contribution in [0.4, 0.5) is 0 Å². The van der Waals surface area contributed by atoms with E-state index in [2.05, 4.69) is 26.6 Å². The summed E-state index contributed by atoms with van der Waals surface area (Å²) in [6, 6.07) is 8.69. The van der Waals surface area contributed by atoms with Gasteiger partial charge in [-0.3, -0.25) is 28.8 Å². The molecule has 0 saturated carbocycles. The van der Waals surface area contributed by atoms with Gasteiger partial charge in [0.15, 0.2) is 17.3 Å². The zero-order valence-electron chi connectivity index (χ0n) is 42.5. The van der Waals surface area contributed by atoms with Crippen molar-refractivity contribution in [1.82, 2.24) is 26.6 Å². The van der Waals surface area contributed by atoms with E-state index in [1.807, 2.05) is 13.8 Å². The first-order chi connectivity index (χ1) is 37.5. The van der Waals surface area contributed by atoms with E-state index in [1.165, 1.54) is 66.7 Å². The van der Waals surface area contributed by atoms with Crippen molar-refractivity contribution in [3.8, 4) is 57.1 Å². The third-order valence-electron chi connectivity index (χ3n) is 14.0. The van der Waals surface area contributed by atoms with Crippen LogP contribution in [0.25, 0.3) is 11.1 Å². The van der Waals surface area contributed by atoms with Gasteiger partial charge in [-0.1, -0.05) is 67.5 Å². The fourth-order valence-electron chi connectivity index (χ4n) is 9.89. The van der Waals surface area contributed by atoms with Crippen LogP contribution in [-0.2, 0) is 28.8 Å². The van der Waals surface area contributed by atoms with Crippen molar-refractivity contribution in [2.24, 2.45) is 17.6 Å². The van der Waals surface area contributed by atoms with Gasteiger partial charge in [-0.25, -0.2) is 0 Å². The number of Topliss-reactive ketones (excluding diaryl/α,β-unsaturated/α-hetero) is 1. The van der Waals surface area contributed by atoms with Gasteiger partial charge in [0.25, 0.3) is 0 Å². The van der Waals surface area contributed by atoms with Gasteiger partial charge in [0.2, 0.25) is 35.3 Å². The summed E-state index contributed by atoms with van der Waals surface area (Å²) < 4.78 is 12.5. The van der Waals surface area contributed by atoms with Crippen molar-refractivity contribution in [3.05, 3.63) is 117 Å². The summed E-state index contributed by atoms with van der Waals surface area (Å²) in [5.74, 6) is -12.1. The van der Waals surface area contributed by atoms with Gasteiger partial charge in [-0.15, -0.1) is 0 Å². The second-order valence-electron chi connectivity index (χ2n) is 19.9. The number of carbonyl (C=O) groups excluding carboxylic acids is 6. The number of aliphatic hydroxyl groups is 3. The number of phenols is 4. The van der Waals surface area contributed by atoms with Crippen LogP contribution >= 0.6 is 35.4 Å². The monoisotopic (exact) mass is 1140 g/mol. The molecular formula is C55H56Cl2N6O15S. The van der Waals surface area contributed by atoms with E-state index in [-0.39, 0.29) is 82.8 Å². The maximum atomic E-state index is 15.1. The summed E-state index contributed by atoms with van der Waals surface area (Å²) >= 11 is 19.8. The van der Waals surface area contributed by atoms with Crippen molar-refractivity contribution in [1.29, 1.82) is 0 Å². The number of hydrogen-bond donors (Lipinski definition) is 13. The second kappa shape index (κ2) is 23.8. The molecule has 5 aromatic carbocycles. The SMILES string of the molecule is CN[C@H](CC(C)C)C(=O)N[C@H]1C(=O)C[C@@H](CC(N)=O)C(=O)N[C@H]2C(=S)C[C@@H]3C(=O)N[C@H](C(=O)N[C@H](CO)c4cc(O)cc(O)c4-c4cc3ccc4O)[C@H](O)c3ccc(c(Cl)c3)Oc3cc2cc(c3O)Oc2ccc(cc2Cl)[C@H]1O. The molecule has 5 aliphatic rings. The summed E-state index contributed by atoms with van der Waals surface area (Å²) in [5.41, 5.74) is 5.33. The number of ketones is 1. The fraction of sp³-hybridized carbons (Fsp3) is 0.327. The smallest absolute Gasteiger partial charge is 0.246 e. The lowest BCUT2D eigenvalue weighted by molar-refractivity contribution is -0.136. The van der Waals surface area contributed by atoms with Gasteiger partial charge < -0.3 is 77.5 Å². The number of hydrogen-bond acceptors (Lipinski definition) is 17. The first kappa shape index (κ1) is 57.6. The average molecular weight is 1140 g/mol. The summed E-state index contributed by atoms with van der Waals surface area (Å²) in [6.45, 7) is 2.90. The Kier molecular flexibility index (Phi) is 17.4. The Morgan fingerprint density at radius 2 is 1.37 bits per heavy atom. The molecule has 5 amide bonds. The lowest BCUT2D eigenvalue weighted by Crippen LogP contribution is -2.53. The highest BCUT2D eigenvalue weighted by Crippen LogP contribution is 2.48. The lowest BCUT2D eigenvalue weighted by Gasteiger charge is -2.31. The predicted molar refractivity (Wildman–Crippen MR) is 290 cm³/mol. The van der Waals surface area contributed by atoms with Crippen LogP contribution in [0.5, 0.6) is 46.0 Å². The molecule has 14 N–H and O–H groups in total. The minimum atomic E-state index is -1.92. The molecule has 11 bridgehead atoms. The standard InChI is InChI=1S/C55H56Cl2N6O15S/c1-22(2)10-34(59-3)54(75)62-47-38(68)14-27(17-44(58)69)52(73)61-46-26-15-41(77-39-8-5-24(49(47)70)12-32(39)56)51(72)42(16-26)78-40-9-6-25(13-33(40)57)50(71)48-55(76)60-35(21-64)30-18-28(65)19-37(67)45(30)31-11-23(4-7-36(31)66)29(20-43(46)79)53(74)63-48/h4-9,11-13,15-16,18-19,22,27,29,34-35,46-50,59,64-67,70-72H,10,14,17,20-21H2,1-3H3,(H2,58,69)(H,60,76)(H,61,73)(H,62,75)(H,63,74)/t27-,29-,34+,35+,46+,47-,48-,49+,50+/m0/s1.